The van der Waals surface area contributed by atoms with E-state index in [-0.39, 0.29) is 18.4 Å². The number of benzene rings is 1. The van der Waals surface area contributed by atoms with Crippen molar-refractivity contribution in [3.8, 4) is 0 Å². The maximum Gasteiger partial charge on any atom is 0.401 e. The highest BCUT2D eigenvalue weighted by molar-refractivity contribution is 9.10. The van der Waals surface area contributed by atoms with Crippen LogP contribution in [0.5, 0.6) is 0 Å². The molecule has 1 unspecified atom stereocenters. The molecule has 1 aromatic carbocycles. The molecule has 0 saturated carbocycles. The molecule has 1 N–H and O–H groups in total. The van der Waals surface area contributed by atoms with E-state index in [4.69, 9.17) is 0 Å². The smallest absolute Gasteiger partial charge is 0.302 e. The van der Waals surface area contributed by atoms with Gasteiger partial charge in [-0.1, -0.05) is 28.1 Å². The van der Waals surface area contributed by atoms with Crippen molar-refractivity contribution >= 4 is 28.3 Å². The van der Waals surface area contributed by atoms with Crippen molar-refractivity contribution < 1.29 is 13.2 Å². The molecule has 0 saturated heterocycles. The Bertz CT molecular complexity index is 313. The van der Waals surface area contributed by atoms with Gasteiger partial charge in [0.1, 0.15) is 0 Å². The second-order valence-corrected chi connectivity index (χ2v) is 4.18. The van der Waals surface area contributed by atoms with E-state index in [2.05, 4.69) is 21.2 Å². The molecule has 0 aliphatic carbocycles. The van der Waals surface area contributed by atoms with Gasteiger partial charge in [0.05, 0.1) is 6.54 Å². The molecule has 0 aliphatic rings. The molecule has 0 heterocycles. The third-order valence-electron chi connectivity index (χ3n) is 1.98. The van der Waals surface area contributed by atoms with E-state index in [0.29, 0.717) is 0 Å². The van der Waals surface area contributed by atoms with Crippen molar-refractivity contribution in [1.29, 1.82) is 0 Å². The highest BCUT2D eigenvalue weighted by Gasteiger charge is 2.27. The molecule has 92 valence electrons. The number of alkyl halides is 3. The minimum absolute atomic E-state index is 0. The van der Waals surface area contributed by atoms with E-state index in [1.165, 1.54) is 0 Å². The zero-order chi connectivity index (χ0) is 11.5. The second kappa shape index (κ2) is 6.47. The molecular formula is C10H12BrClF3N. The quantitative estimate of drug-likeness (QED) is 0.885. The van der Waals surface area contributed by atoms with Crippen LogP contribution in [0.2, 0.25) is 0 Å². The Morgan fingerprint density at radius 1 is 1.25 bits per heavy atom. The van der Waals surface area contributed by atoms with Crippen molar-refractivity contribution in [2.75, 3.05) is 6.54 Å². The van der Waals surface area contributed by atoms with Gasteiger partial charge in [-0.05, 0) is 24.6 Å². The molecule has 1 aromatic rings. The summed E-state index contributed by atoms with van der Waals surface area (Å²) in [6, 6.07) is 6.89. The summed E-state index contributed by atoms with van der Waals surface area (Å²) in [6.45, 7) is 0.735. The normalized spacial score (nSPS) is 13.1. The Morgan fingerprint density at radius 3 is 2.19 bits per heavy atom. The maximum atomic E-state index is 11.9. The van der Waals surface area contributed by atoms with Crippen LogP contribution in [0.25, 0.3) is 0 Å². The maximum absolute atomic E-state index is 11.9. The van der Waals surface area contributed by atoms with E-state index >= 15 is 0 Å². The van der Waals surface area contributed by atoms with Gasteiger partial charge < -0.3 is 5.32 Å². The third kappa shape index (κ3) is 5.72. The Hall–Kier alpha value is -0.260. The fourth-order valence-corrected chi connectivity index (χ4v) is 1.40. The second-order valence-electron chi connectivity index (χ2n) is 3.27. The van der Waals surface area contributed by atoms with Gasteiger partial charge in [-0.25, -0.2) is 0 Å². The summed E-state index contributed by atoms with van der Waals surface area (Å²) in [7, 11) is 0. The summed E-state index contributed by atoms with van der Waals surface area (Å²) in [5.41, 5.74) is 0.836. The SMILES string of the molecule is CC(NCC(F)(F)F)c1ccc(Br)cc1.Cl. The fraction of sp³-hybridized carbons (Fsp3) is 0.400. The Labute approximate surface area is 107 Å². The molecular weight excluding hydrogens is 306 g/mol. The van der Waals surface area contributed by atoms with Crippen molar-refractivity contribution in [3.05, 3.63) is 34.3 Å². The Balaban J connectivity index is 0.00000225. The van der Waals surface area contributed by atoms with Crippen LogP contribution in [0.3, 0.4) is 0 Å². The molecule has 0 bridgehead atoms. The lowest BCUT2D eigenvalue weighted by molar-refractivity contribution is -0.126. The molecule has 1 rings (SSSR count). The Morgan fingerprint density at radius 2 is 1.75 bits per heavy atom. The molecule has 16 heavy (non-hydrogen) atoms. The number of nitrogens with one attached hydrogen (secondary N) is 1. The third-order valence-corrected chi connectivity index (χ3v) is 2.51. The zero-order valence-electron chi connectivity index (χ0n) is 8.51. The minimum Gasteiger partial charge on any atom is -0.302 e. The molecule has 1 nitrogen and oxygen atoms in total. The summed E-state index contributed by atoms with van der Waals surface area (Å²) in [6.07, 6.45) is -4.16. The molecule has 1 atom stereocenters. The minimum atomic E-state index is -4.16. The molecule has 0 aliphatic heterocycles. The first-order valence-electron chi connectivity index (χ1n) is 4.44. The zero-order valence-corrected chi connectivity index (χ0v) is 10.9. The first-order valence-corrected chi connectivity index (χ1v) is 5.23. The molecule has 0 aromatic heterocycles. The van der Waals surface area contributed by atoms with Gasteiger partial charge in [-0.2, -0.15) is 13.2 Å². The summed E-state index contributed by atoms with van der Waals surface area (Å²) in [4.78, 5) is 0. The topological polar surface area (TPSA) is 12.0 Å². The highest BCUT2D eigenvalue weighted by atomic mass is 79.9. The number of halogens is 5. The van der Waals surface area contributed by atoms with Gasteiger partial charge in [-0.15, -0.1) is 12.4 Å². The fourth-order valence-electron chi connectivity index (χ4n) is 1.14. The van der Waals surface area contributed by atoms with Gasteiger partial charge in [0.25, 0.3) is 0 Å². The van der Waals surface area contributed by atoms with E-state index in [1.54, 1.807) is 31.2 Å². The lowest BCUT2D eigenvalue weighted by atomic mass is 10.1. The van der Waals surface area contributed by atoms with E-state index in [1.807, 2.05) is 0 Å². The van der Waals surface area contributed by atoms with Gasteiger partial charge in [0.2, 0.25) is 0 Å². The van der Waals surface area contributed by atoms with E-state index in [9.17, 15) is 13.2 Å². The summed E-state index contributed by atoms with van der Waals surface area (Å²) >= 11 is 3.26. The molecule has 0 radical (unpaired) electrons. The summed E-state index contributed by atoms with van der Waals surface area (Å²) < 4.78 is 36.7. The predicted molar refractivity (Wildman–Crippen MR) is 63.9 cm³/mol. The number of hydrogen-bond donors (Lipinski definition) is 1. The van der Waals surface area contributed by atoms with E-state index < -0.39 is 12.7 Å². The van der Waals surface area contributed by atoms with Crippen molar-refractivity contribution in [1.82, 2.24) is 5.32 Å². The monoisotopic (exact) mass is 317 g/mol. The van der Waals surface area contributed by atoms with E-state index in [0.717, 1.165) is 10.0 Å². The largest absolute Gasteiger partial charge is 0.401 e. The van der Waals surface area contributed by atoms with Crippen LogP contribution in [-0.4, -0.2) is 12.7 Å². The Kier molecular flexibility index (Phi) is 6.36. The van der Waals surface area contributed by atoms with Crippen LogP contribution < -0.4 is 5.32 Å². The number of rotatable bonds is 3. The average Bonchev–Trinajstić information content (AvgIpc) is 2.14. The van der Waals surface area contributed by atoms with Gasteiger partial charge >= 0.3 is 6.18 Å². The first kappa shape index (κ1) is 15.7. The van der Waals surface area contributed by atoms with Crippen LogP contribution in [0.15, 0.2) is 28.7 Å². The standard InChI is InChI=1S/C10H11BrF3N.ClH/c1-7(15-6-10(12,13)14)8-2-4-9(11)5-3-8;/h2-5,7,15H,6H2,1H3;1H. The van der Waals surface area contributed by atoms with Crippen molar-refractivity contribution in [2.45, 2.75) is 19.1 Å². The molecule has 0 amide bonds. The average molecular weight is 319 g/mol. The van der Waals surface area contributed by atoms with Crippen molar-refractivity contribution in [3.63, 3.8) is 0 Å². The number of hydrogen-bond acceptors (Lipinski definition) is 1. The highest BCUT2D eigenvalue weighted by Crippen LogP contribution is 2.18. The van der Waals surface area contributed by atoms with Crippen LogP contribution in [0, 0.1) is 0 Å². The van der Waals surface area contributed by atoms with Gasteiger partial charge in [0.15, 0.2) is 0 Å². The molecule has 6 heteroatoms. The van der Waals surface area contributed by atoms with Gasteiger partial charge in [0, 0.05) is 10.5 Å². The lowest BCUT2D eigenvalue weighted by Crippen LogP contribution is -2.30. The molecule has 0 fully saturated rings. The lowest BCUT2D eigenvalue weighted by Gasteiger charge is -2.15. The van der Waals surface area contributed by atoms with Crippen LogP contribution in [0.1, 0.15) is 18.5 Å². The van der Waals surface area contributed by atoms with Crippen molar-refractivity contribution in [2.24, 2.45) is 0 Å². The predicted octanol–water partition coefficient (Wildman–Crippen LogP) is 4.08. The van der Waals surface area contributed by atoms with Gasteiger partial charge in [-0.3, -0.25) is 0 Å². The first-order chi connectivity index (χ1) is 6.88. The summed E-state index contributed by atoms with van der Waals surface area (Å²) in [5, 5.41) is 2.42. The van der Waals surface area contributed by atoms with Crippen LogP contribution in [-0.2, 0) is 0 Å². The van der Waals surface area contributed by atoms with Crippen LogP contribution in [0.4, 0.5) is 13.2 Å². The van der Waals surface area contributed by atoms with Crippen LogP contribution >= 0.6 is 28.3 Å². The summed E-state index contributed by atoms with van der Waals surface area (Å²) in [5.74, 6) is 0. The molecule has 0 spiro atoms.